The Kier molecular flexibility index (Phi) is 6.41. The van der Waals surface area contributed by atoms with Crippen LogP contribution in [0.25, 0.3) is 11.4 Å². The molecule has 0 saturated carbocycles. The topological polar surface area (TPSA) is 35.2 Å². The number of ether oxygens (including phenoxy) is 1. The molecule has 1 aliphatic heterocycles. The fourth-order valence-corrected chi connectivity index (χ4v) is 4.12. The number of aromatic nitrogens is 3. The van der Waals surface area contributed by atoms with Gasteiger partial charge in [-0.3, -0.25) is 9.47 Å². The van der Waals surface area contributed by atoms with Crippen LogP contribution in [0.4, 0.5) is 4.39 Å². The number of benzene rings is 2. The number of rotatable bonds is 7. The molecule has 1 aliphatic rings. The zero-order valence-electron chi connectivity index (χ0n) is 17.4. The summed E-state index contributed by atoms with van der Waals surface area (Å²) in [5.41, 5.74) is 3.40. The van der Waals surface area contributed by atoms with Gasteiger partial charge in [-0.25, -0.2) is 9.07 Å². The van der Waals surface area contributed by atoms with Crippen LogP contribution in [0.3, 0.4) is 0 Å². The number of hydrogen-bond donors (Lipinski definition) is 0. The number of aryl methyl sites for hydroxylation is 1. The van der Waals surface area contributed by atoms with Crippen molar-refractivity contribution in [3.8, 4) is 11.4 Å². The van der Waals surface area contributed by atoms with Crippen LogP contribution >= 0.6 is 12.2 Å². The van der Waals surface area contributed by atoms with Gasteiger partial charge in [-0.15, -0.1) is 0 Å². The van der Waals surface area contributed by atoms with Gasteiger partial charge in [-0.05, 0) is 74.4 Å². The number of nitrogens with zero attached hydrogens (tertiary/aromatic N) is 4. The lowest BCUT2D eigenvalue weighted by atomic mass is 10.1. The lowest BCUT2D eigenvalue weighted by molar-refractivity contribution is 0.0967. The Bertz CT molecular complexity index is 1050. The normalized spacial score (nSPS) is 16.5. The minimum Gasteiger partial charge on any atom is -0.376 e. The molecule has 158 valence electrons. The maximum absolute atomic E-state index is 13.4. The molecular weight excluding hydrogens is 399 g/mol. The van der Waals surface area contributed by atoms with Gasteiger partial charge in [0.1, 0.15) is 5.82 Å². The van der Waals surface area contributed by atoms with Crippen molar-refractivity contribution >= 4 is 12.2 Å². The molecule has 1 saturated heterocycles. The third-order valence-corrected chi connectivity index (χ3v) is 5.94. The highest BCUT2D eigenvalue weighted by Gasteiger charge is 2.21. The summed E-state index contributed by atoms with van der Waals surface area (Å²) in [6, 6.07) is 14.8. The van der Waals surface area contributed by atoms with E-state index in [1.54, 1.807) is 12.1 Å². The second kappa shape index (κ2) is 9.20. The molecule has 2 aromatic carbocycles. The summed E-state index contributed by atoms with van der Waals surface area (Å²) in [6.45, 7) is 4.95. The van der Waals surface area contributed by atoms with Gasteiger partial charge in [-0.2, -0.15) is 5.10 Å². The van der Waals surface area contributed by atoms with Crippen LogP contribution in [0.5, 0.6) is 0 Å². The minimum absolute atomic E-state index is 0.137. The van der Waals surface area contributed by atoms with Crippen LogP contribution in [0, 0.1) is 17.5 Å². The highest BCUT2D eigenvalue weighted by molar-refractivity contribution is 7.71. The molecule has 4 rings (SSSR count). The highest BCUT2D eigenvalue weighted by Crippen LogP contribution is 2.22. The van der Waals surface area contributed by atoms with Crippen LogP contribution in [-0.4, -0.2) is 39.0 Å². The van der Waals surface area contributed by atoms with Gasteiger partial charge in [0.25, 0.3) is 0 Å². The molecule has 1 fully saturated rings. The van der Waals surface area contributed by atoms with E-state index in [1.807, 2.05) is 9.25 Å². The lowest BCUT2D eigenvalue weighted by Crippen LogP contribution is -2.23. The Hall–Kier alpha value is -2.35. The Morgan fingerprint density at radius 2 is 1.97 bits per heavy atom. The lowest BCUT2D eigenvalue weighted by Gasteiger charge is -2.17. The molecule has 2 heterocycles. The fourth-order valence-electron chi connectivity index (χ4n) is 3.86. The third-order valence-electron chi connectivity index (χ3n) is 5.51. The van der Waals surface area contributed by atoms with Crippen LogP contribution in [-0.2, 0) is 24.5 Å². The number of hydrogen-bond acceptors (Lipinski definition) is 4. The SMILES string of the molecule is Cc1ccccc1CN(C)Cn1nc(-c2ccc(F)cc2)n(C[C@@H]2CCCO2)c1=S. The predicted molar refractivity (Wildman–Crippen MR) is 118 cm³/mol. The molecule has 5 nitrogen and oxygen atoms in total. The van der Waals surface area contributed by atoms with Crippen molar-refractivity contribution in [2.24, 2.45) is 0 Å². The van der Waals surface area contributed by atoms with Gasteiger partial charge in [0.05, 0.1) is 19.3 Å². The third kappa shape index (κ3) is 4.69. The van der Waals surface area contributed by atoms with Gasteiger partial charge in [-0.1, -0.05) is 24.3 Å². The predicted octanol–water partition coefficient (Wildman–Crippen LogP) is 4.80. The smallest absolute Gasteiger partial charge is 0.199 e. The standard InChI is InChI=1S/C23H27FN4OS/c1-17-6-3-4-7-19(17)14-26(2)16-28-23(30)27(15-21-8-5-13-29-21)22(25-28)18-9-11-20(24)12-10-18/h3-4,6-7,9-12,21H,5,8,13-16H2,1-2H3/t21-/m0/s1. The van der Waals surface area contributed by atoms with Crippen molar-refractivity contribution in [3.05, 3.63) is 70.2 Å². The van der Waals surface area contributed by atoms with Gasteiger partial charge in [0, 0.05) is 18.7 Å². The Labute approximate surface area is 181 Å². The molecule has 0 bridgehead atoms. The van der Waals surface area contributed by atoms with Crippen molar-refractivity contribution < 1.29 is 9.13 Å². The van der Waals surface area contributed by atoms with Gasteiger partial charge in [0.2, 0.25) is 0 Å². The van der Waals surface area contributed by atoms with Gasteiger partial charge >= 0.3 is 0 Å². The van der Waals surface area contributed by atoms with Crippen molar-refractivity contribution in [3.63, 3.8) is 0 Å². The molecule has 0 aliphatic carbocycles. The molecule has 3 aromatic rings. The van der Waals surface area contributed by atoms with Crippen LogP contribution in [0.15, 0.2) is 48.5 Å². The van der Waals surface area contributed by atoms with E-state index in [0.717, 1.165) is 37.4 Å². The van der Waals surface area contributed by atoms with Gasteiger partial charge < -0.3 is 4.74 Å². The first-order valence-corrected chi connectivity index (χ1v) is 10.7. The van der Waals surface area contributed by atoms with E-state index in [1.165, 1.54) is 23.3 Å². The summed E-state index contributed by atoms with van der Waals surface area (Å²) < 4.78 is 23.8. The first-order chi connectivity index (χ1) is 14.5. The van der Waals surface area contributed by atoms with Crippen molar-refractivity contribution in [2.45, 2.75) is 45.6 Å². The summed E-state index contributed by atoms with van der Waals surface area (Å²) >= 11 is 5.79. The minimum atomic E-state index is -0.263. The zero-order chi connectivity index (χ0) is 21.1. The van der Waals surface area contributed by atoms with E-state index >= 15 is 0 Å². The Morgan fingerprint density at radius 3 is 2.67 bits per heavy atom. The van der Waals surface area contributed by atoms with Crippen molar-refractivity contribution in [1.29, 1.82) is 0 Å². The molecule has 0 spiro atoms. The Balaban J connectivity index is 1.61. The summed E-state index contributed by atoms with van der Waals surface area (Å²) in [5.74, 6) is 0.486. The largest absolute Gasteiger partial charge is 0.376 e. The molecule has 7 heteroatoms. The Morgan fingerprint density at radius 1 is 1.20 bits per heavy atom. The average molecular weight is 427 g/mol. The molecule has 0 amide bonds. The second-order valence-corrected chi connectivity index (χ2v) is 8.31. The summed E-state index contributed by atoms with van der Waals surface area (Å²) in [6.07, 6.45) is 2.22. The van der Waals surface area contributed by atoms with Crippen LogP contribution < -0.4 is 0 Å². The van der Waals surface area contributed by atoms with E-state index in [9.17, 15) is 4.39 Å². The van der Waals surface area contributed by atoms with Gasteiger partial charge in [0.15, 0.2) is 10.6 Å². The summed E-state index contributed by atoms with van der Waals surface area (Å²) in [4.78, 5) is 2.19. The van der Waals surface area contributed by atoms with Crippen molar-refractivity contribution in [1.82, 2.24) is 19.2 Å². The summed E-state index contributed by atoms with van der Waals surface area (Å²) in [5, 5.41) is 4.81. The molecule has 0 unspecified atom stereocenters. The molecule has 0 N–H and O–H groups in total. The maximum Gasteiger partial charge on any atom is 0.199 e. The fraction of sp³-hybridized carbons (Fsp3) is 0.391. The van der Waals surface area contributed by atoms with E-state index in [4.69, 9.17) is 22.1 Å². The molecule has 1 atom stereocenters. The average Bonchev–Trinajstić information content (AvgIpc) is 3.34. The second-order valence-electron chi connectivity index (χ2n) is 7.94. The molecule has 1 aromatic heterocycles. The number of halogens is 1. The zero-order valence-corrected chi connectivity index (χ0v) is 18.2. The first kappa shape index (κ1) is 20.9. The first-order valence-electron chi connectivity index (χ1n) is 10.3. The molecule has 30 heavy (non-hydrogen) atoms. The molecular formula is C23H27FN4OS. The maximum atomic E-state index is 13.4. The summed E-state index contributed by atoms with van der Waals surface area (Å²) in [7, 11) is 2.06. The van der Waals surface area contributed by atoms with Crippen LogP contribution in [0.2, 0.25) is 0 Å². The van der Waals surface area contributed by atoms with E-state index in [-0.39, 0.29) is 11.9 Å². The van der Waals surface area contributed by atoms with Crippen molar-refractivity contribution in [2.75, 3.05) is 13.7 Å². The molecule has 0 radical (unpaired) electrons. The van der Waals surface area contributed by atoms with Crippen LogP contribution in [0.1, 0.15) is 24.0 Å². The quantitative estimate of drug-likeness (QED) is 0.509. The van der Waals surface area contributed by atoms with E-state index < -0.39 is 0 Å². The van der Waals surface area contributed by atoms with E-state index in [2.05, 4.69) is 43.1 Å². The monoisotopic (exact) mass is 426 g/mol. The highest BCUT2D eigenvalue weighted by atomic mass is 32.1. The van der Waals surface area contributed by atoms with E-state index in [0.29, 0.717) is 18.0 Å².